The van der Waals surface area contributed by atoms with Gasteiger partial charge >= 0.3 is 0 Å². The van der Waals surface area contributed by atoms with Gasteiger partial charge in [0.1, 0.15) is 0 Å². The highest BCUT2D eigenvalue weighted by molar-refractivity contribution is 5.93. The third kappa shape index (κ3) is 4.06. The van der Waals surface area contributed by atoms with Gasteiger partial charge < -0.3 is 10.6 Å². The Morgan fingerprint density at radius 3 is 2.58 bits per heavy atom. The molecule has 1 aromatic rings. The molecule has 2 atom stereocenters. The summed E-state index contributed by atoms with van der Waals surface area (Å²) in [6, 6.07) is 7.81. The molecule has 104 valence electrons. The van der Waals surface area contributed by atoms with Crippen molar-refractivity contribution in [3.05, 3.63) is 35.4 Å². The first-order valence-electron chi connectivity index (χ1n) is 7.20. The van der Waals surface area contributed by atoms with Gasteiger partial charge in [-0.3, -0.25) is 4.79 Å². The van der Waals surface area contributed by atoms with Gasteiger partial charge in [0.25, 0.3) is 5.91 Å². The molecule has 1 aliphatic rings. The van der Waals surface area contributed by atoms with E-state index in [1.165, 1.54) is 24.8 Å². The predicted octanol–water partition coefficient (Wildman–Crippen LogP) is 2.57. The van der Waals surface area contributed by atoms with Gasteiger partial charge in [0.05, 0.1) is 0 Å². The van der Waals surface area contributed by atoms with Gasteiger partial charge in [0.2, 0.25) is 0 Å². The smallest absolute Gasteiger partial charge is 0.251 e. The molecule has 0 bridgehead atoms. The molecule has 2 unspecified atom stereocenters. The lowest BCUT2D eigenvalue weighted by molar-refractivity contribution is 0.0963. The maximum atomic E-state index is 11.4. The zero-order chi connectivity index (χ0) is 13.7. The number of carbonyl (C=O) groups is 1. The summed E-state index contributed by atoms with van der Waals surface area (Å²) in [7, 11) is 1.65. The lowest BCUT2D eigenvalue weighted by Gasteiger charge is -2.11. The van der Waals surface area contributed by atoms with Crippen molar-refractivity contribution in [1.29, 1.82) is 0 Å². The molecule has 0 aromatic heterocycles. The van der Waals surface area contributed by atoms with Crippen LogP contribution in [0.15, 0.2) is 24.3 Å². The molecule has 0 heterocycles. The Morgan fingerprint density at radius 2 is 2.00 bits per heavy atom. The molecule has 0 saturated heterocycles. The summed E-state index contributed by atoms with van der Waals surface area (Å²) in [4.78, 5) is 11.4. The molecule has 3 nitrogen and oxygen atoms in total. The minimum absolute atomic E-state index is 0.0283. The molecule has 2 rings (SSSR count). The van der Waals surface area contributed by atoms with Gasteiger partial charge in [-0.2, -0.15) is 0 Å². The van der Waals surface area contributed by atoms with Crippen LogP contribution in [-0.2, 0) is 6.54 Å². The van der Waals surface area contributed by atoms with Crippen molar-refractivity contribution in [2.24, 2.45) is 11.8 Å². The van der Waals surface area contributed by atoms with E-state index >= 15 is 0 Å². The van der Waals surface area contributed by atoms with Gasteiger partial charge in [0, 0.05) is 19.2 Å². The quantitative estimate of drug-likeness (QED) is 0.854. The van der Waals surface area contributed by atoms with E-state index in [0.29, 0.717) is 0 Å². The van der Waals surface area contributed by atoms with Crippen LogP contribution in [0.2, 0.25) is 0 Å². The number of hydrogen-bond acceptors (Lipinski definition) is 2. The molecule has 1 saturated carbocycles. The van der Waals surface area contributed by atoms with Crippen LogP contribution in [0.3, 0.4) is 0 Å². The van der Waals surface area contributed by atoms with E-state index in [2.05, 4.69) is 17.6 Å². The van der Waals surface area contributed by atoms with E-state index in [9.17, 15) is 4.79 Å². The minimum atomic E-state index is -0.0283. The van der Waals surface area contributed by atoms with Gasteiger partial charge in [-0.25, -0.2) is 0 Å². The van der Waals surface area contributed by atoms with Crippen LogP contribution in [0.4, 0.5) is 0 Å². The van der Waals surface area contributed by atoms with Crippen LogP contribution in [0.5, 0.6) is 0 Å². The lowest BCUT2D eigenvalue weighted by atomic mass is 10.1. The molecular weight excluding hydrogens is 236 g/mol. The van der Waals surface area contributed by atoms with Crippen LogP contribution in [0.1, 0.15) is 42.1 Å². The zero-order valence-corrected chi connectivity index (χ0v) is 11.9. The molecular formula is C16H24N2O. The number of benzene rings is 1. The molecule has 1 amide bonds. The normalized spacial score (nSPS) is 22.4. The van der Waals surface area contributed by atoms with Crippen LogP contribution in [-0.4, -0.2) is 19.5 Å². The summed E-state index contributed by atoms with van der Waals surface area (Å²) in [5.74, 6) is 1.72. The van der Waals surface area contributed by atoms with Crippen molar-refractivity contribution >= 4 is 5.91 Å². The van der Waals surface area contributed by atoms with E-state index in [1.54, 1.807) is 7.05 Å². The van der Waals surface area contributed by atoms with Crippen molar-refractivity contribution < 1.29 is 4.79 Å². The number of amides is 1. The predicted molar refractivity (Wildman–Crippen MR) is 78.0 cm³/mol. The highest BCUT2D eigenvalue weighted by Gasteiger charge is 2.20. The topological polar surface area (TPSA) is 41.1 Å². The van der Waals surface area contributed by atoms with E-state index in [4.69, 9.17) is 0 Å². The lowest BCUT2D eigenvalue weighted by Crippen LogP contribution is -2.21. The molecule has 0 aliphatic heterocycles. The third-order valence-corrected chi connectivity index (χ3v) is 4.01. The Bertz CT molecular complexity index is 413. The first-order valence-corrected chi connectivity index (χ1v) is 7.20. The fourth-order valence-corrected chi connectivity index (χ4v) is 2.85. The molecule has 1 aromatic carbocycles. The van der Waals surface area contributed by atoms with Crippen LogP contribution in [0.25, 0.3) is 0 Å². The van der Waals surface area contributed by atoms with Crippen molar-refractivity contribution in [1.82, 2.24) is 10.6 Å². The number of nitrogens with one attached hydrogen (secondary N) is 2. The summed E-state index contributed by atoms with van der Waals surface area (Å²) < 4.78 is 0. The molecule has 1 aliphatic carbocycles. The third-order valence-electron chi connectivity index (χ3n) is 4.01. The van der Waals surface area contributed by atoms with Crippen molar-refractivity contribution in [3.63, 3.8) is 0 Å². The van der Waals surface area contributed by atoms with Crippen molar-refractivity contribution in [2.45, 2.75) is 32.7 Å². The fourth-order valence-electron chi connectivity index (χ4n) is 2.85. The van der Waals surface area contributed by atoms with Crippen molar-refractivity contribution in [3.8, 4) is 0 Å². The standard InChI is InChI=1S/C16H24N2O/c1-12-3-4-14(9-12)11-18-10-13-5-7-15(8-6-13)16(19)17-2/h5-8,12,14,18H,3-4,9-11H2,1-2H3,(H,17,19). The average molecular weight is 260 g/mol. The van der Waals surface area contributed by atoms with Crippen LogP contribution in [0, 0.1) is 11.8 Å². The molecule has 19 heavy (non-hydrogen) atoms. The summed E-state index contributed by atoms with van der Waals surface area (Å²) in [6.45, 7) is 4.35. The fraction of sp³-hybridized carbons (Fsp3) is 0.562. The van der Waals surface area contributed by atoms with E-state index in [1.807, 2.05) is 24.3 Å². The van der Waals surface area contributed by atoms with Gasteiger partial charge in [0.15, 0.2) is 0 Å². The highest BCUT2D eigenvalue weighted by Crippen LogP contribution is 2.29. The summed E-state index contributed by atoms with van der Waals surface area (Å²) >= 11 is 0. The van der Waals surface area contributed by atoms with Crippen LogP contribution < -0.4 is 10.6 Å². The Labute approximate surface area is 115 Å². The largest absolute Gasteiger partial charge is 0.355 e. The van der Waals surface area contributed by atoms with Crippen LogP contribution >= 0.6 is 0 Å². The Kier molecular flexibility index (Phi) is 4.97. The van der Waals surface area contributed by atoms with Gasteiger partial charge in [-0.1, -0.05) is 25.5 Å². The number of hydrogen-bond donors (Lipinski definition) is 2. The average Bonchev–Trinajstić information content (AvgIpc) is 2.84. The Morgan fingerprint density at radius 1 is 1.26 bits per heavy atom. The Hall–Kier alpha value is -1.35. The van der Waals surface area contributed by atoms with E-state index < -0.39 is 0 Å². The summed E-state index contributed by atoms with van der Waals surface area (Å²) in [5.41, 5.74) is 1.95. The second kappa shape index (κ2) is 6.71. The SMILES string of the molecule is CNC(=O)c1ccc(CNCC2CCC(C)C2)cc1. The summed E-state index contributed by atoms with van der Waals surface area (Å²) in [5, 5.41) is 6.16. The van der Waals surface area contributed by atoms with Gasteiger partial charge in [-0.15, -0.1) is 0 Å². The van der Waals surface area contributed by atoms with E-state index in [0.717, 1.165) is 30.5 Å². The second-order valence-corrected chi connectivity index (χ2v) is 5.69. The Balaban J connectivity index is 1.75. The summed E-state index contributed by atoms with van der Waals surface area (Å²) in [6.07, 6.45) is 4.11. The van der Waals surface area contributed by atoms with Gasteiger partial charge in [-0.05, 0) is 48.9 Å². The minimum Gasteiger partial charge on any atom is -0.355 e. The number of rotatable bonds is 5. The number of carbonyl (C=O) groups excluding carboxylic acids is 1. The maximum absolute atomic E-state index is 11.4. The highest BCUT2D eigenvalue weighted by atomic mass is 16.1. The first-order chi connectivity index (χ1) is 9.19. The first kappa shape index (κ1) is 14.1. The molecule has 0 spiro atoms. The molecule has 1 fully saturated rings. The zero-order valence-electron chi connectivity index (χ0n) is 11.9. The van der Waals surface area contributed by atoms with E-state index in [-0.39, 0.29) is 5.91 Å². The second-order valence-electron chi connectivity index (χ2n) is 5.69. The molecule has 2 N–H and O–H groups in total. The molecule has 0 radical (unpaired) electrons. The van der Waals surface area contributed by atoms with Crippen molar-refractivity contribution in [2.75, 3.05) is 13.6 Å². The molecule has 3 heteroatoms. The maximum Gasteiger partial charge on any atom is 0.251 e. The monoisotopic (exact) mass is 260 g/mol.